The molecule has 0 saturated heterocycles. The highest BCUT2D eigenvalue weighted by Gasteiger charge is 2.29. The minimum atomic E-state index is -0.699. The summed E-state index contributed by atoms with van der Waals surface area (Å²) in [4.78, 5) is 12.9. The van der Waals surface area contributed by atoms with Gasteiger partial charge in [0.15, 0.2) is 0 Å². The van der Waals surface area contributed by atoms with Gasteiger partial charge in [0.25, 0.3) is 59.5 Å². The van der Waals surface area contributed by atoms with E-state index in [0.717, 1.165) is 0 Å². The molecule has 0 atom stereocenters. The summed E-state index contributed by atoms with van der Waals surface area (Å²) >= 11 is 0. The maximum atomic E-state index is 12.9. The first-order chi connectivity index (χ1) is 27.8. The van der Waals surface area contributed by atoms with E-state index < -0.39 is 11.4 Å². The lowest BCUT2D eigenvalue weighted by molar-refractivity contribution is -0.156. The van der Waals surface area contributed by atoms with E-state index in [0.29, 0.717) is 70.6 Å². The molecule has 0 spiro atoms. The van der Waals surface area contributed by atoms with Gasteiger partial charge in [-0.15, -0.1) is 0 Å². The molecule has 0 aliphatic carbocycles. The molecule has 0 aliphatic heterocycles. The summed E-state index contributed by atoms with van der Waals surface area (Å²) in [5, 5.41) is 10.1. The van der Waals surface area contributed by atoms with Gasteiger partial charge in [-0.25, -0.2) is 0 Å². The Morgan fingerprint density at radius 3 is 0.724 bits per heavy atom. The van der Waals surface area contributed by atoms with Crippen molar-refractivity contribution in [2.45, 2.75) is 161 Å². The Kier molecular flexibility index (Phi) is 29.1. The number of allylic oxidation sites excluding steroid dienone is 10. The lowest BCUT2D eigenvalue weighted by Gasteiger charge is -2.22. The fraction of sp³-hybridized carbons (Fsp3) is 0.543. The number of aliphatic hydroxyl groups is 1. The largest absolute Gasteiger partial charge is 0.481 e. The number of ether oxygens (including phenoxy) is 10. The minimum Gasteiger partial charge on any atom is -0.481 e. The number of hydrogen-bond acceptors (Lipinski definition) is 12. The van der Waals surface area contributed by atoms with Gasteiger partial charge in [-0.2, -0.15) is 0 Å². The van der Waals surface area contributed by atoms with E-state index in [1.165, 1.54) is 6.08 Å². The molecule has 0 aromatic rings. The van der Waals surface area contributed by atoms with Crippen molar-refractivity contribution in [3.8, 4) is 0 Å². The molecule has 1 N–H and O–H groups in total. The Hall–Kier alpha value is -5.13. The first-order valence-corrected chi connectivity index (χ1v) is 20.9. The Morgan fingerprint density at radius 2 is 0.534 bits per heavy atom. The second-order valence-electron chi connectivity index (χ2n) is 12.9. The van der Waals surface area contributed by atoms with E-state index in [1.807, 2.05) is 90.0 Å². The van der Waals surface area contributed by atoms with Crippen molar-refractivity contribution in [2.24, 2.45) is 5.41 Å². The molecule has 12 heteroatoms. The fourth-order valence-corrected chi connectivity index (χ4v) is 3.92. The number of hydrogen-bond donors (Lipinski definition) is 1. The molecule has 0 aliphatic rings. The Bertz CT molecular complexity index is 1520. The molecule has 0 radical (unpaired) electrons. The second-order valence-corrected chi connectivity index (χ2v) is 12.9. The minimum absolute atomic E-state index is 0.0147. The normalized spacial score (nSPS) is 14.5. The van der Waals surface area contributed by atoms with E-state index in [4.69, 9.17) is 47.4 Å². The zero-order valence-electron chi connectivity index (χ0n) is 37.5. The van der Waals surface area contributed by atoms with Gasteiger partial charge in [-0.1, -0.05) is 76.2 Å². The number of carbonyl (C=O) groups is 1. The molecule has 0 rings (SSSR count). The molecule has 0 heterocycles. The maximum Gasteiger partial charge on any atom is 0.319 e. The number of aliphatic hydroxyl groups excluding tert-OH is 1. The molecule has 0 aromatic heterocycles. The number of carbonyl (C=O) groups excluding carboxylic acids is 1. The van der Waals surface area contributed by atoms with Crippen LogP contribution in [0.3, 0.4) is 0 Å². The van der Waals surface area contributed by atoms with Crippen molar-refractivity contribution in [1.29, 1.82) is 0 Å². The van der Waals surface area contributed by atoms with Gasteiger partial charge in [-0.3, -0.25) is 4.79 Å². The SMILES string of the molecule is CC/C=C(/O)O/C(=C/CC)O/C(=C/CC)O/C(=C/CC)O/C(=C/CC)O/C(=C/CC)O/C(=C/CC)O/C(=C/CC)O/C(=C/CC)O/C(=C\CC)OC(=O)C(C)(C)CC. The summed E-state index contributed by atoms with van der Waals surface area (Å²) in [5.74, 6) is -0.0849. The molecule has 0 fully saturated rings. The van der Waals surface area contributed by atoms with Crippen LogP contribution in [-0.2, 0) is 52.2 Å². The van der Waals surface area contributed by atoms with Crippen molar-refractivity contribution >= 4 is 5.97 Å². The third-order valence-corrected chi connectivity index (χ3v) is 7.16. The summed E-state index contributed by atoms with van der Waals surface area (Å²) in [5.41, 5.74) is -0.699. The van der Waals surface area contributed by atoms with Gasteiger partial charge >= 0.3 is 5.97 Å². The van der Waals surface area contributed by atoms with Crippen LogP contribution < -0.4 is 0 Å². The van der Waals surface area contributed by atoms with Gasteiger partial charge in [0, 0.05) is 0 Å². The fourth-order valence-electron chi connectivity index (χ4n) is 3.92. The van der Waals surface area contributed by atoms with E-state index in [2.05, 4.69) is 0 Å². The van der Waals surface area contributed by atoms with Crippen molar-refractivity contribution in [3.05, 3.63) is 120 Å². The lowest BCUT2D eigenvalue weighted by atomic mass is 9.91. The highest BCUT2D eigenvalue weighted by Crippen LogP contribution is 2.27. The summed E-state index contributed by atoms with van der Waals surface area (Å²) < 4.78 is 59.9. The van der Waals surface area contributed by atoms with Crippen LogP contribution in [0.25, 0.3) is 0 Å². The summed E-state index contributed by atoms with van der Waals surface area (Å²) in [7, 11) is 0. The highest BCUT2D eigenvalue weighted by molar-refractivity contribution is 5.76. The van der Waals surface area contributed by atoms with Gasteiger partial charge in [-0.05, 0) is 145 Å². The van der Waals surface area contributed by atoms with Crippen molar-refractivity contribution < 1.29 is 57.3 Å². The van der Waals surface area contributed by atoms with Crippen LogP contribution in [0.4, 0.5) is 0 Å². The molecule has 328 valence electrons. The molecule has 58 heavy (non-hydrogen) atoms. The summed E-state index contributed by atoms with van der Waals surface area (Å²) in [6, 6.07) is 0. The van der Waals surface area contributed by atoms with Gasteiger partial charge < -0.3 is 52.5 Å². The van der Waals surface area contributed by atoms with E-state index in [9.17, 15) is 9.90 Å². The first-order valence-electron chi connectivity index (χ1n) is 20.9. The third-order valence-electron chi connectivity index (χ3n) is 7.16. The number of rotatable bonds is 31. The van der Waals surface area contributed by atoms with Gasteiger partial charge in [0.1, 0.15) is 0 Å². The van der Waals surface area contributed by atoms with Crippen LogP contribution in [0.15, 0.2) is 120 Å². The molecule has 0 amide bonds. The molecule has 0 aromatic carbocycles. The monoisotopic (exact) mass is 817 g/mol. The molecule has 0 saturated carbocycles. The van der Waals surface area contributed by atoms with Gasteiger partial charge in [0.2, 0.25) is 0 Å². The average molecular weight is 817 g/mol. The molecule has 0 bridgehead atoms. The Balaban J connectivity index is 6.38. The average Bonchev–Trinajstić information content (AvgIpc) is 3.15. The lowest BCUT2D eigenvalue weighted by Crippen LogP contribution is -2.26. The molecular formula is C46H72O12. The molecule has 12 nitrogen and oxygen atoms in total. The second kappa shape index (κ2) is 31.9. The van der Waals surface area contributed by atoms with Crippen molar-refractivity contribution in [2.75, 3.05) is 0 Å². The molecule has 0 unspecified atom stereocenters. The van der Waals surface area contributed by atoms with E-state index in [1.54, 1.807) is 54.7 Å². The number of esters is 1. The maximum absolute atomic E-state index is 12.9. The Morgan fingerprint density at radius 1 is 0.345 bits per heavy atom. The smallest absolute Gasteiger partial charge is 0.319 e. The van der Waals surface area contributed by atoms with Crippen molar-refractivity contribution in [1.82, 2.24) is 0 Å². The van der Waals surface area contributed by atoms with E-state index in [-0.39, 0.29) is 59.5 Å². The third kappa shape index (κ3) is 23.2. The van der Waals surface area contributed by atoms with Crippen LogP contribution in [0, 0.1) is 5.41 Å². The van der Waals surface area contributed by atoms with Crippen LogP contribution in [0.1, 0.15) is 161 Å². The van der Waals surface area contributed by atoms with Crippen LogP contribution >= 0.6 is 0 Å². The molecular weight excluding hydrogens is 744 g/mol. The van der Waals surface area contributed by atoms with Crippen LogP contribution in [0.2, 0.25) is 0 Å². The zero-order chi connectivity index (χ0) is 43.8. The summed E-state index contributed by atoms with van der Waals surface area (Å²) in [6.07, 6.45) is 23.2. The quantitative estimate of drug-likeness (QED) is 0.0528. The predicted molar refractivity (Wildman–Crippen MR) is 226 cm³/mol. The predicted octanol–water partition coefficient (Wildman–Crippen LogP) is 14.2. The topological polar surface area (TPSA) is 130 Å². The first kappa shape index (κ1) is 52.9. The zero-order valence-corrected chi connectivity index (χ0v) is 37.5. The summed E-state index contributed by atoms with van der Waals surface area (Å²) in [6.45, 7) is 24.8. The highest BCUT2D eigenvalue weighted by atomic mass is 16.8. The van der Waals surface area contributed by atoms with Crippen LogP contribution in [0.5, 0.6) is 0 Å². The van der Waals surface area contributed by atoms with Gasteiger partial charge in [0.05, 0.1) is 5.41 Å². The van der Waals surface area contributed by atoms with Crippen LogP contribution in [-0.4, -0.2) is 11.1 Å². The van der Waals surface area contributed by atoms with E-state index >= 15 is 0 Å². The Labute approximate surface area is 348 Å². The van der Waals surface area contributed by atoms with Crippen molar-refractivity contribution in [3.63, 3.8) is 0 Å². The standard InChI is InChI=1S/C46H72O12/c1-14-25-35(47)49-36(26-15-2)50-37(27-16-3)51-38(28-17-4)52-39(29-18-5)53-40(30-19-6)54-41(31-20-7)55-42(32-21-8)56-43(33-22-9)57-44(34-23-10)58-45(48)46(12,13)24-11/h25-34,47H,14-24H2,1-13H3/b35-25-,36-26-,37-27-,38-28-,39-29-,40-30-,41-31-,42-32-,43-33-,44-34+.